The lowest BCUT2D eigenvalue weighted by Gasteiger charge is -2.22. The van der Waals surface area contributed by atoms with E-state index in [1.807, 2.05) is 42.5 Å². The van der Waals surface area contributed by atoms with Crippen LogP contribution in [0.3, 0.4) is 0 Å². The molecule has 5 nitrogen and oxygen atoms in total. The van der Waals surface area contributed by atoms with E-state index in [-0.39, 0.29) is 12.5 Å². The lowest BCUT2D eigenvalue weighted by Crippen LogP contribution is -2.38. The number of aliphatic hydroxyl groups excluding tert-OH is 2. The van der Waals surface area contributed by atoms with Crippen LogP contribution < -0.4 is 0 Å². The Hall–Kier alpha value is -2.21. The highest BCUT2D eigenvalue weighted by molar-refractivity contribution is 5.78. The van der Waals surface area contributed by atoms with Crippen molar-refractivity contribution in [2.24, 2.45) is 0 Å². The number of carbonyl (C=O) groups excluding carboxylic acids is 1. The van der Waals surface area contributed by atoms with Gasteiger partial charge in [-0.05, 0) is 16.7 Å². The van der Waals surface area contributed by atoms with Crippen molar-refractivity contribution in [2.75, 3.05) is 26.2 Å². The predicted molar refractivity (Wildman–Crippen MR) is 100 cm³/mol. The zero-order valence-electron chi connectivity index (χ0n) is 14.9. The van der Waals surface area contributed by atoms with Crippen molar-refractivity contribution in [3.05, 3.63) is 71.3 Å². The molecule has 3 rings (SSSR count). The van der Waals surface area contributed by atoms with Crippen LogP contribution in [0.25, 0.3) is 0 Å². The molecule has 0 aromatic heterocycles. The van der Waals surface area contributed by atoms with Gasteiger partial charge in [0.1, 0.15) is 0 Å². The molecular formula is C21H26N2O3. The molecule has 0 bridgehead atoms. The van der Waals surface area contributed by atoms with Crippen LogP contribution in [-0.4, -0.2) is 58.2 Å². The molecule has 0 saturated carbocycles. The highest BCUT2D eigenvalue weighted by Crippen LogP contribution is 2.12. The van der Waals surface area contributed by atoms with Gasteiger partial charge < -0.3 is 15.1 Å². The SMILES string of the molecule is O=C(Cc1ccc(CO)cc1)N1CCN(Cc2ccccc2)C[C@H](O)C1. The number of β-amino-alcohol motifs (C(OH)–C–C–N with tert-alkyl or cyclic N) is 1. The van der Waals surface area contributed by atoms with Gasteiger partial charge in [0.15, 0.2) is 0 Å². The van der Waals surface area contributed by atoms with Crippen LogP contribution in [0.4, 0.5) is 0 Å². The van der Waals surface area contributed by atoms with E-state index in [2.05, 4.69) is 17.0 Å². The molecule has 138 valence electrons. The van der Waals surface area contributed by atoms with Gasteiger partial charge in [0.2, 0.25) is 5.91 Å². The van der Waals surface area contributed by atoms with Gasteiger partial charge in [-0.3, -0.25) is 9.69 Å². The topological polar surface area (TPSA) is 64.0 Å². The van der Waals surface area contributed by atoms with Gasteiger partial charge in [0, 0.05) is 32.7 Å². The molecule has 2 N–H and O–H groups in total. The minimum Gasteiger partial charge on any atom is -0.392 e. The standard InChI is InChI=1S/C21H26N2O3/c24-16-19-8-6-17(7-9-19)12-21(26)23-11-10-22(14-20(25)15-23)13-18-4-2-1-3-5-18/h1-9,20,24-25H,10-16H2/t20-/m0/s1. The quantitative estimate of drug-likeness (QED) is 0.853. The first-order valence-electron chi connectivity index (χ1n) is 9.05. The molecule has 5 heteroatoms. The maximum Gasteiger partial charge on any atom is 0.227 e. The molecule has 1 aliphatic rings. The summed E-state index contributed by atoms with van der Waals surface area (Å²) in [6.07, 6.45) is -0.223. The highest BCUT2D eigenvalue weighted by Gasteiger charge is 2.24. The molecule has 2 aromatic carbocycles. The smallest absolute Gasteiger partial charge is 0.227 e. The normalized spacial score (nSPS) is 18.5. The second kappa shape index (κ2) is 8.94. The molecule has 1 amide bonds. The van der Waals surface area contributed by atoms with Crippen LogP contribution >= 0.6 is 0 Å². The lowest BCUT2D eigenvalue weighted by molar-refractivity contribution is -0.131. The van der Waals surface area contributed by atoms with Crippen molar-refractivity contribution in [1.82, 2.24) is 9.80 Å². The van der Waals surface area contributed by atoms with Gasteiger partial charge in [-0.2, -0.15) is 0 Å². The molecule has 1 heterocycles. The molecule has 1 atom stereocenters. The molecule has 0 unspecified atom stereocenters. The van der Waals surface area contributed by atoms with Crippen molar-refractivity contribution >= 4 is 5.91 Å². The monoisotopic (exact) mass is 354 g/mol. The van der Waals surface area contributed by atoms with E-state index in [1.54, 1.807) is 4.90 Å². The summed E-state index contributed by atoms with van der Waals surface area (Å²) in [6, 6.07) is 17.6. The average Bonchev–Trinajstić information content (AvgIpc) is 2.84. The Bertz CT molecular complexity index is 703. The van der Waals surface area contributed by atoms with Crippen molar-refractivity contribution in [1.29, 1.82) is 0 Å². The minimum atomic E-state index is -0.540. The van der Waals surface area contributed by atoms with Crippen molar-refractivity contribution < 1.29 is 15.0 Å². The fourth-order valence-electron chi connectivity index (χ4n) is 3.32. The number of carbonyl (C=O) groups is 1. The van der Waals surface area contributed by atoms with Gasteiger partial charge in [-0.1, -0.05) is 54.6 Å². The van der Waals surface area contributed by atoms with E-state index in [4.69, 9.17) is 5.11 Å². The van der Waals surface area contributed by atoms with Crippen LogP contribution in [-0.2, 0) is 24.4 Å². The number of nitrogens with zero attached hydrogens (tertiary/aromatic N) is 2. The third-order valence-corrected chi connectivity index (χ3v) is 4.75. The molecule has 1 fully saturated rings. The number of benzene rings is 2. The van der Waals surface area contributed by atoms with Gasteiger partial charge in [-0.15, -0.1) is 0 Å². The number of rotatable bonds is 5. The third kappa shape index (κ3) is 5.14. The van der Waals surface area contributed by atoms with Crippen LogP contribution in [0.1, 0.15) is 16.7 Å². The fraction of sp³-hybridized carbons (Fsp3) is 0.381. The molecule has 1 aliphatic heterocycles. The van der Waals surface area contributed by atoms with Crippen molar-refractivity contribution in [3.63, 3.8) is 0 Å². The second-order valence-corrected chi connectivity index (χ2v) is 6.87. The van der Waals surface area contributed by atoms with Gasteiger partial charge in [0.25, 0.3) is 0 Å². The molecule has 0 radical (unpaired) electrons. The largest absolute Gasteiger partial charge is 0.392 e. The maximum atomic E-state index is 12.6. The van der Waals surface area contributed by atoms with E-state index in [0.717, 1.165) is 24.2 Å². The lowest BCUT2D eigenvalue weighted by atomic mass is 10.1. The van der Waals surface area contributed by atoms with Crippen LogP contribution in [0.5, 0.6) is 0 Å². The summed E-state index contributed by atoms with van der Waals surface area (Å²) < 4.78 is 0. The van der Waals surface area contributed by atoms with E-state index < -0.39 is 6.10 Å². The van der Waals surface area contributed by atoms with Crippen LogP contribution in [0.2, 0.25) is 0 Å². The summed E-state index contributed by atoms with van der Waals surface area (Å²) in [7, 11) is 0. The fourth-order valence-corrected chi connectivity index (χ4v) is 3.32. The summed E-state index contributed by atoms with van der Waals surface area (Å²) in [5, 5.41) is 19.4. The van der Waals surface area contributed by atoms with E-state index in [1.165, 1.54) is 5.56 Å². The Morgan fingerprint density at radius 1 is 0.923 bits per heavy atom. The highest BCUT2D eigenvalue weighted by atomic mass is 16.3. The number of hydrogen-bond acceptors (Lipinski definition) is 4. The Balaban J connectivity index is 1.57. The molecular weight excluding hydrogens is 328 g/mol. The summed E-state index contributed by atoms with van der Waals surface area (Å²) >= 11 is 0. The molecule has 0 aliphatic carbocycles. The molecule has 2 aromatic rings. The number of aliphatic hydroxyl groups is 2. The average molecular weight is 354 g/mol. The Morgan fingerprint density at radius 2 is 1.62 bits per heavy atom. The van der Waals surface area contributed by atoms with E-state index in [0.29, 0.717) is 26.1 Å². The van der Waals surface area contributed by atoms with Gasteiger partial charge in [0.05, 0.1) is 19.1 Å². The summed E-state index contributed by atoms with van der Waals surface area (Å²) in [4.78, 5) is 16.6. The predicted octanol–water partition coefficient (Wildman–Crippen LogP) is 1.43. The van der Waals surface area contributed by atoms with Crippen LogP contribution in [0, 0.1) is 0 Å². The van der Waals surface area contributed by atoms with Crippen LogP contribution in [0.15, 0.2) is 54.6 Å². The van der Waals surface area contributed by atoms with Crippen molar-refractivity contribution in [2.45, 2.75) is 25.7 Å². The Labute approximate surface area is 154 Å². The summed E-state index contributed by atoms with van der Waals surface area (Å²) in [6.45, 7) is 3.10. The Kier molecular flexibility index (Phi) is 6.39. The summed E-state index contributed by atoms with van der Waals surface area (Å²) in [5.74, 6) is 0.0300. The zero-order valence-corrected chi connectivity index (χ0v) is 14.9. The van der Waals surface area contributed by atoms with E-state index >= 15 is 0 Å². The Morgan fingerprint density at radius 3 is 2.31 bits per heavy atom. The van der Waals surface area contributed by atoms with Crippen molar-refractivity contribution in [3.8, 4) is 0 Å². The van der Waals surface area contributed by atoms with E-state index in [9.17, 15) is 9.90 Å². The minimum absolute atomic E-state index is 0.00376. The van der Waals surface area contributed by atoms with Gasteiger partial charge in [-0.25, -0.2) is 0 Å². The maximum absolute atomic E-state index is 12.6. The first-order chi connectivity index (χ1) is 12.6. The first kappa shape index (κ1) is 18.6. The second-order valence-electron chi connectivity index (χ2n) is 6.87. The molecule has 26 heavy (non-hydrogen) atoms. The zero-order chi connectivity index (χ0) is 18.4. The number of amides is 1. The summed E-state index contributed by atoms with van der Waals surface area (Å²) in [5.41, 5.74) is 2.97. The first-order valence-corrected chi connectivity index (χ1v) is 9.05. The number of hydrogen-bond donors (Lipinski definition) is 2. The van der Waals surface area contributed by atoms with Gasteiger partial charge >= 0.3 is 0 Å². The molecule has 0 spiro atoms. The third-order valence-electron chi connectivity index (χ3n) is 4.75. The molecule has 1 saturated heterocycles.